The number of ether oxygens (including phenoxy) is 1. The van der Waals surface area contributed by atoms with Crippen LogP contribution in [0, 0.1) is 0 Å². The second-order valence-electron chi connectivity index (χ2n) is 6.66. The van der Waals surface area contributed by atoms with Crippen molar-refractivity contribution in [1.82, 2.24) is 4.98 Å². The molecule has 1 aromatic heterocycles. The molecular formula is C23H17BrN2O4. The summed E-state index contributed by atoms with van der Waals surface area (Å²) in [5.41, 5.74) is 1.55. The molecule has 0 bridgehead atoms. The molecule has 6 nitrogen and oxygen atoms in total. The van der Waals surface area contributed by atoms with Crippen molar-refractivity contribution in [2.75, 3.05) is 12.0 Å². The highest BCUT2D eigenvalue weighted by Gasteiger charge is 2.47. The Hall–Kier alpha value is -3.45. The van der Waals surface area contributed by atoms with Gasteiger partial charge in [0.1, 0.15) is 11.5 Å². The molecule has 0 saturated carbocycles. The number of nitrogens with zero attached hydrogens (tertiary/aromatic N) is 2. The average Bonchev–Trinajstić information content (AvgIpc) is 3.05. The first-order valence-electron chi connectivity index (χ1n) is 9.12. The zero-order valence-corrected chi connectivity index (χ0v) is 17.5. The van der Waals surface area contributed by atoms with Crippen molar-refractivity contribution >= 4 is 39.1 Å². The minimum Gasteiger partial charge on any atom is -0.507 e. The van der Waals surface area contributed by atoms with Crippen LogP contribution in [-0.2, 0) is 9.59 Å². The van der Waals surface area contributed by atoms with Crippen LogP contribution < -0.4 is 9.64 Å². The maximum atomic E-state index is 13.0. The SMILES string of the molecule is COc1cccc([C@@H]2C(=C(O)c3ccc(Br)cc3)C(=O)C(=O)N2c2cccnc2)c1. The van der Waals surface area contributed by atoms with Gasteiger partial charge in [0.05, 0.1) is 30.6 Å². The summed E-state index contributed by atoms with van der Waals surface area (Å²) in [6.07, 6.45) is 3.10. The van der Waals surface area contributed by atoms with Gasteiger partial charge in [-0.2, -0.15) is 0 Å². The Kier molecular flexibility index (Phi) is 5.37. The van der Waals surface area contributed by atoms with Crippen LogP contribution in [0.1, 0.15) is 17.2 Å². The van der Waals surface area contributed by atoms with E-state index in [1.165, 1.54) is 11.1 Å². The maximum absolute atomic E-state index is 13.0. The zero-order chi connectivity index (χ0) is 21.3. The summed E-state index contributed by atoms with van der Waals surface area (Å²) in [4.78, 5) is 31.5. The Labute approximate surface area is 181 Å². The monoisotopic (exact) mass is 464 g/mol. The smallest absolute Gasteiger partial charge is 0.300 e. The molecule has 1 fully saturated rings. The van der Waals surface area contributed by atoms with E-state index in [1.807, 2.05) is 0 Å². The molecular weight excluding hydrogens is 448 g/mol. The van der Waals surface area contributed by atoms with Crippen molar-refractivity contribution < 1.29 is 19.4 Å². The molecule has 1 N–H and O–H groups in total. The van der Waals surface area contributed by atoms with E-state index in [2.05, 4.69) is 20.9 Å². The van der Waals surface area contributed by atoms with Gasteiger partial charge < -0.3 is 9.84 Å². The molecule has 1 aliphatic heterocycles. The summed E-state index contributed by atoms with van der Waals surface area (Å²) >= 11 is 3.36. The van der Waals surface area contributed by atoms with Crippen molar-refractivity contribution in [3.63, 3.8) is 0 Å². The molecule has 2 aromatic carbocycles. The molecule has 4 rings (SSSR count). The standard InChI is InChI=1S/C23H17BrN2O4/c1-30-18-6-2-4-15(12-18)20-19(21(27)14-7-9-16(24)10-8-14)22(28)23(29)26(20)17-5-3-11-25-13-17/h2-13,20,27H,1H3/t20-/m1/s1. The summed E-state index contributed by atoms with van der Waals surface area (Å²) in [6.45, 7) is 0. The molecule has 150 valence electrons. The van der Waals surface area contributed by atoms with E-state index in [1.54, 1.807) is 74.0 Å². The van der Waals surface area contributed by atoms with Gasteiger partial charge >= 0.3 is 0 Å². The van der Waals surface area contributed by atoms with Gasteiger partial charge in [-0.05, 0) is 42.0 Å². The van der Waals surface area contributed by atoms with Crippen LogP contribution in [0.2, 0.25) is 0 Å². The Morgan fingerprint density at radius 2 is 1.87 bits per heavy atom. The van der Waals surface area contributed by atoms with Crippen LogP contribution in [0.4, 0.5) is 5.69 Å². The number of Topliss-reactive ketones (excluding diaryl/α,β-unsaturated/α-hetero) is 1. The fraction of sp³-hybridized carbons (Fsp3) is 0.0870. The second kappa shape index (κ2) is 8.12. The van der Waals surface area contributed by atoms with Crippen molar-refractivity contribution in [2.24, 2.45) is 0 Å². The van der Waals surface area contributed by atoms with Gasteiger partial charge in [0.25, 0.3) is 11.7 Å². The summed E-state index contributed by atoms with van der Waals surface area (Å²) in [6, 6.07) is 16.5. The van der Waals surface area contributed by atoms with Crippen LogP contribution in [0.15, 0.2) is 83.1 Å². The summed E-state index contributed by atoms with van der Waals surface area (Å²) < 4.78 is 6.15. The predicted octanol–water partition coefficient (Wildman–Crippen LogP) is 4.48. The zero-order valence-electron chi connectivity index (χ0n) is 15.9. The van der Waals surface area contributed by atoms with E-state index in [4.69, 9.17) is 4.74 Å². The Balaban J connectivity index is 1.95. The molecule has 1 amide bonds. The number of carbonyl (C=O) groups excluding carboxylic acids is 2. The molecule has 1 aliphatic rings. The maximum Gasteiger partial charge on any atom is 0.300 e. The first kappa shape index (κ1) is 19.8. The molecule has 1 atom stereocenters. The lowest BCUT2D eigenvalue weighted by atomic mass is 9.95. The normalized spacial score (nSPS) is 17.9. The highest BCUT2D eigenvalue weighted by molar-refractivity contribution is 9.10. The topological polar surface area (TPSA) is 79.7 Å². The summed E-state index contributed by atoms with van der Waals surface area (Å²) in [5, 5.41) is 11.0. The molecule has 0 aliphatic carbocycles. The predicted molar refractivity (Wildman–Crippen MR) is 116 cm³/mol. The van der Waals surface area contributed by atoms with E-state index < -0.39 is 17.7 Å². The Morgan fingerprint density at radius 3 is 2.53 bits per heavy atom. The van der Waals surface area contributed by atoms with Gasteiger partial charge in [-0.25, -0.2) is 0 Å². The number of hydrogen-bond donors (Lipinski definition) is 1. The number of methoxy groups -OCH3 is 1. The highest BCUT2D eigenvalue weighted by Crippen LogP contribution is 2.42. The molecule has 30 heavy (non-hydrogen) atoms. The molecule has 3 aromatic rings. The van der Waals surface area contributed by atoms with Gasteiger partial charge in [0.15, 0.2) is 0 Å². The summed E-state index contributed by atoms with van der Waals surface area (Å²) in [5.74, 6) is -1.14. The number of hydrogen-bond acceptors (Lipinski definition) is 5. The number of aliphatic hydroxyl groups excluding tert-OH is 1. The lowest BCUT2D eigenvalue weighted by Crippen LogP contribution is -2.29. The van der Waals surface area contributed by atoms with Gasteiger partial charge in [-0.1, -0.05) is 40.2 Å². The third kappa shape index (κ3) is 3.48. The van der Waals surface area contributed by atoms with Crippen LogP contribution in [0.25, 0.3) is 5.76 Å². The molecule has 0 unspecified atom stereocenters. The van der Waals surface area contributed by atoms with Crippen molar-refractivity contribution in [3.8, 4) is 5.75 Å². The number of amides is 1. The quantitative estimate of drug-likeness (QED) is 0.349. The largest absolute Gasteiger partial charge is 0.507 e. The number of anilines is 1. The van der Waals surface area contributed by atoms with Gasteiger partial charge in [-0.15, -0.1) is 0 Å². The Morgan fingerprint density at radius 1 is 1.10 bits per heavy atom. The summed E-state index contributed by atoms with van der Waals surface area (Å²) in [7, 11) is 1.54. The van der Waals surface area contributed by atoms with E-state index in [-0.39, 0.29) is 11.3 Å². The number of rotatable bonds is 4. The third-order valence-corrected chi connectivity index (χ3v) is 5.42. The van der Waals surface area contributed by atoms with Crippen molar-refractivity contribution in [1.29, 1.82) is 0 Å². The van der Waals surface area contributed by atoms with Crippen LogP contribution in [0.5, 0.6) is 5.75 Å². The minimum absolute atomic E-state index is 0.0134. The minimum atomic E-state index is -0.826. The number of halogens is 1. The lowest BCUT2D eigenvalue weighted by Gasteiger charge is -2.25. The second-order valence-corrected chi connectivity index (χ2v) is 7.58. The first-order chi connectivity index (χ1) is 14.5. The number of carbonyl (C=O) groups is 2. The molecule has 0 spiro atoms. The highest BCUT2D eigenvalue weighted by atomic mass is 79.9. The fourth-order valence-electron chi connectivity index (χ4n) is 3.49. The molecule has 2 heterocycles. The van der Waals surface area contributed by atoms with E-state index in [9.17, 15) is 14.7 Å². The van der Waals surface area contributed by atoms with Crippen LogP contribution in [-0.4, -0.2) is 28.9 Å². The third-order valence-electron chi connectivity index (χ3n) is 4.90. The van der Waals surface area contributed by atoms with Gasteiger partial charge in [-0.3, -0.25) is 19.5 Å². The molecule has 7 heteroatoms. The number of benzene rings is 2. The fourth-order valence-corrected chi connectivity index (χ4v) is 3.75. The van der Waals surface area contributed by atoms with Crippen LogP contribution >= 0.6 is 15.9 Å². The Bertz CT molecular complexity index is 1140. The molecule has 1 saturated heterocycles. The number of pyridine rings is 1. The number of aliphatic hydroxyl groups is 1. The number of ketones is 1. The average molecular weight is 465 g/mol. The van der Waals surface area contributed by atoms with Gasteiger partial charge in [0.2, 0.25) is 0 Å². The van der Waals surface area contributed by atoms with E-state index in [0.29, 0.717) is 22.6 Å². The van der Waals surface area contributed by atoms with Gasteiger partial charge in [0, 0.05) is 16.2 Å². The van der Waals surface area contributed by atoms with E-state index >= 15 is 0 Å². The lowest BCUT2D eigenvalue weighted by molar-refractivity contribution is -0.132. The first-order valence-corrected chi connectivity index (χ1v) is 9.91. The molecule has 0 radical (unpaired) electrons. The number of aromatic nitrogens is 1. The van der Waals surface area contributed by atoms with E-state index in [0.717, 1.165) is 4.47 Å². The van der Waals surface area contributed by atoms with Crippen molar-refractivity contribution in [2.45, 2.75) is 6.04 Å². The van der Waals surface area contributed by atoms with Crippen molar-refractivity contribution in [3.05, 3.63) is 94.2 Å². The van der Waals surface area contributed by atoms with Crippen LogP contribution in [0.3, 0.4) is 0 Å².